The van der Waals surface area contributed by atoms with E-state index in [0.29, 0.717) is 6.54 Å². The monoisotopic (exact) mass is 353 g/mol. The lowest BCUT2D eigenvalue weighted by Gasteiger charge is -2.21. The van der Waals surface area contributed by atoms with Gasteiger partial charge in [-0.2, -0.15) is 0 Å². The van der Waals surface area contributed by atoms with Gasteiger partial charge < -0.3 is 10.6 Å². The Labute approximate surface area is 135 Å². The zero-order valence-electron chi connectivity index (χ0n) is 11.7. The zero-order valence-corrected chi connectivity index (χ0v) is 14.2. The minimum Gasteiger partial charge on any atom is -0.351 e. The topological polar surface area (TPSA) is 87.3 Å². The molecule has 3 N–H and O–H groups in total. The van der Waals surface area contributed by atoms with E-state index in [9.17, 15) is 13.2 Å². The first-order chi connectivity index (χ1) is 9.53. The number of carbonyl (C=O) groups is 1. The molecule has 1 saturated heterocycles. The van der Waals surface area contributed by atoms with Crippen LogP contribution in [0, 0.1) is 5.92 Å². The quantitative estimate of drug-likeness (QED) is 0.727. The van der Waals surface area contributed by atoms with Crippen LogP contribution in [-0.4, -0.2) is 34.5 Å². The Kier molecular flexibility index (Phi) is 7.08. The highest BCUT2D eigenvalue weighted by Crippen LogP contribution is 2.21. The first-order valence-corrected chi connectivity index (χ1v) is 8.83. The van der Waals surface area contributed by atoms with Gasteiger partial charge in [0, 0.05) is 11.4 Å². The summed E-state index contributed by atoms with van der Waals surface area (Å²) in [6, 6.07) is 3.29. The summed E-state index contributed by atoms with van der Waals surface area (Å²) in [5, 5.41) is 6.07. The van der Waals surface area contributed by atoms with Crippen molar-refractivity contribution in [2.45, 2.75) is 23.6 Å². The molecular weight excluding hydrogens is 334 g/mol. The number of hydrogen-bond donors (Lipinski definition) is 3. The highest BCUT2D eigenvalue weighted by molar-refractivity contribution is 7.91. The maximum absolute atomic E-state index is 12.0. The van der Waals surface area contributed by atoms with Gasteiger partial charge in [-0.3, -0.25) is 4.79 Å². The molecule has 2 heterocycles. The third-order valence-corrected chi connectivity index (χ3v) is 6.27. The number of rotatable bonds is 5. The van der Waals surface area contributed by atoms with Crippen molar-refractivity contribution >= 4 is 39.7 Å². The Morgan fingerprint density at radius 1 is 1.48 bits per heavy atom. The highest BCUT2D eigenvalue weighted by atomic mass is 35.5. The molecule has 6 nitrogen and oxygen atoms in total. The van der Waals surface area contributed by atoms with Crippen LogP contribution < -0.4 is 15.4 Å². The number of hydrogen-bond acceptors (Lipinski definition) is 5. The Morgan fingerprint density at radius 2 is 2.24 bits per heavy atom. The smallest absolute Gasteiger partial charge is 0.249 e. The van der Waals surface area contributed by atoms with Crippen LogP contribution in [0.25, 0.3) is 0 Å². The van der Waals surface area contributed by atoms with E-state index in [1.165, 1.54) is 18.4 Å². The van der Waals surface area contributed by atoms with Crippen molar-refractivity contribution in [3.63, 3.8) is 0 Å². The lowest BCUT2D eigenvalue weighted by atomic mass is 9.99. The summed E-state index contributed by atoms with van der Waals surface area (Å²) in [5.41, 5.74) is 0. The second kappa shape index (κ2) is 8.09. The van der Waals surface area contributed by atoms with Gasteiger partial charge in [-0.15, -0.1) is 23.7 Å². The fraction of sp³-hybridized carbons (Fsp3) is 0.583. The summed E-state index contributed by atoms with van der Waals surface area (Å²) in [4.78, 5) is 12.8. The molecule has 0 bridgehead atoms. The van der Waals surface area contributed by atoms with Crippen LogP contribution in [0.4, 0.5) is 0 Å². The van der Waals surface area contributed by atoms with Crippen molar-refractivity contribution in [2.24, 2.45) is 5.92 Å². The van der Waals surface area contributed by atoms with E-state index in [0.717, 1.165) is 30.8 Å². The summed E-state index contributed by atoms with van der Waals surface area (Å²) in [5.74, 6) is 0.0489. The predicted molar refractivity (Wildman–Crippen MR) is 85.3 cm³/mol. The van der Waals surface area contributed by atoms with Crippen LogP contribution in [0.15, 0.2) is 16.3 Å². The normalized spacial score (nSPS) is 18.8. The molecule has 0 aliphatic carbocycles. The molecule has 1 fully saturated rings. The molecule has 9 heteroatoms. The minimum atomic E-state index is -3.39. The second-order valence-corrected chi connectivity index (χ2v) is 7.97. The number of piperidine rings is 1. The lowest BCUT2D eigenvalue weighted by Crippen LogP contribution is -2.40. The maximum Gasteiger partial charge on any atom is 0.249 e. The van der Waals surface area contributed by atoms with Crippen molar-refractivity contribution in [1.29, 1.82) is 0 Å². The van der Waals surface area contributed by atoms with Gasteiger partial charge in [0.15, 0.2) is 0 Å². The molecule has 1 aliphatic heterocycles. The van der Waals surface area contributed by atoms with Gasteiger partial charge in [0.1, 0.15) is 4.21 Å². The van der Waals surface area contributed by atoms with Gasteiger partial charge in [0.2, 0.25) is 15.9 Å². The molecule has 1 atom stereocenters. The van der Waals surface area contributed by atoms with Crippen molar-refractivity contribution in [3.8, 4) is 0 Å². The van der Waals surface area contributed by atoms with Gasteiger partial charge in [-0.25, -0.2) is 13.1 Å². The van der Waals surface area contributed by atoms with Crippen LogP contribution in [0.2, 0.25) is 0 Å². The average molecular weight is 354 g/mol. The van der Waals surface area contributed by atoms with E-state index in [1.54, 1.807) is 12.1 Å². The molecule has 0 saturated carbocycles. The molecule has 120 valence electrons. The third kappa shape index (κ3) is 4.93. The van der Waals surface area contributed by atoms with Gasteiger partial charge in [-0.1, -0.05) is 0 Å². The molecule has 0 aromatic carbocycles. The number of amides is 1. The van der Waals surface area contributed by atoms with E-state index in [1.807, 2.05) is 0 Å². The average Bonchev–Trinajstić information content (AvgIpc) is 2.95. The lowest BCUT2D eigenvalue weighted by molar-refractivity contribution is -0.125. The van der Waals surface area contributed by atoms with E-state index < -0.39 is 10.0 Å². The molecule has 1 amide bonds. The predicted octanol–water partition coefficient (Wildman–Crippen LogP) is 0.694. The van der Waals surface area contributed by atoms with Crippen molar-refractivity contribution < 1.29 is 13.2 Å². The first kappa shape index (κ1) is 18.4. The summed E-state index contributed by atoms with van der Waals surface area (Å²) in [7, 11) is -2.01. The van der Waals surface area contributed by atoms with E-state index in [-0.39, 0.29) is 28.4 Å². The zero-order chi connectivity index (χ0) is 14.6. The second-order valence-electron chi connectivity index (χ2n) is 4.69. The number of thiophene rings is 1. The first-order valence-electron chi connectivity index (χ1n) is 6.53. The van der Waals surface area contributed by atoms with Crippen molar-refractivity contribution in [3.05, 3.63) is 17.0 Å². The Hall–Kier alpha value is -0.670. The molecule has 1 aliphatic rings. The fourth-order valence-electron chi connectivity index (χ4n) is 2.09. The Morgan fingerprint density at radius 3 is 2.86 bits per heavy atom. The number of halogens is 1. The summed E-state index contributed by atoms with van der Waals surface area (Å²) >= 11 is 1.17. The van der Waals surface area contributed by atoms with Gasteiger partial charge in [0.25, 0.3) is 0 Å². The van der Waals surface area contributed by atoms with E-state index >= 15 is 0 Å². The molecule has 1 aromatic rings. The molecule has 0 spiro atoms. The standard InChI is InChI=1S/C12H19N3O3S2.ClH/c1-13-20(17,18)11-5-4-10(19-11)8-15-12(16)9-3-2-6-14-7-9;/h4-5,9,13-14H,2-3,6-8H2,1H3,(H,15,16);1H. The Bertz CT molecular complexity index is 568. The number of nitrogens with one attached hydrogen (secondary N) is 3. The molecule has 21 heavy (non-hydrogen) atoms. The van der Waals surface area contributed by atoms with E-state index in [2.05, 4.69) is 15.4 Å². The number of carbonyl (C=O) groups excluding carboxylic acids is 1. The summed E-state index contributed by atoms with van der Waals surface area (Å²) in [6.07, 6.45) is 1.92. The SMILES string of the molecule is CNS(=O)(=O)c1ccc(CNC(=O)C2CCCNC2)s1.Cl. The third-order valence-electron chi connectivity index (χ3n) is 3.28. The van der Waals surface area contributed by atoms with Gasteiger partial charge in [-0.05, 0) is 38.6 Å². The Balaban J connectivity index is 0.00000220. The number of sulfonamides is 1. The van der Waals surface area contributed by atoms with Crippen LogP contribution in [0.1, 0.15) is 17.7 Å². The summed E-state index contributed by atoms with van der Waals surface area (Å²) < 4.78 is 25.7. The van der Waals surface area contributed by atoms with Gasteiger partial charge in [0.05, 0.1) is 12.5 Å². The maximum atomic E-state index is 12.0. The minimum absolute atomic E-state index is 0. The van der Waals surface area contributed by atoms with Crippen LogP contribution in [0.5, 0.6) is 0 Å². The van der Waals surface area contributed by atoms with Crippen molar-refractivity contribution in [1.82, 2.24) is 15.4 Å². The largest absolute Gasteiger partial charge is 0.351 e. The fourth-order valence-corrected chi connectivity index (χ4v) is 4.23. The highest BCUT2D eigenvalue weighted by Gasteiger charge is 2.21. The molecule has 1 aromatic heterocycles. The van der Waals surface area contributed by atoms with E-state index in [4.69, 9.17) is 0 Å². The molecular formula is C12H20ClN3O3S2. The molecule has 1 unspecified atom stereocenters. The van der Waals surface area contributed by atoms with Gasteiger partial charge >= 0.3 is 0 Å². The van der Waals surface area contributed by atoms with Crippen LogP contribution in [-0.2, 0) is 21.4 Å². The molecule has 0 radical (unpaired) electrons. The van der Waals surface area contributed by atoms with Crippen LogP contribution >= 0.6 is 23.7 Å². The van der Waals surface area contributed by atoms with Crippen molar-refractivity contribution in [2.75, 3.05) is 20.1 Å². The summed E-state index contributed by atoms with van der Waals surface area (Å²) in [6.45, 7) is 2.06. The van der Waals surface area contributed by atoms with Crippen LogP contribution in [0.3, 0.4) is 0 Å². The molecule has 2 rings (SSSR count).